The van der Waals surface area contributed by atoms with Gasteiger partial charge in [0.1, 0.15) is 0 Å². The minimum atomic E-state index is -3.09. The molecule has 1 N–H and O–H groups in total. The van der Waals surface area contributed by atoms with Crippen molar-refractivity contribution in [2.75, 3.05) is 18.6 Å². The van der Waals surface area contributed by atoms with Crippen LogP contribution < -0.4 is 5.32 Å². The molecular formula is C21H23ClN2O4S. The van der Waals surface area contributed by atoms with Gasteiger partial charge in [-0.05, 0) is 24.1 Å². The van der Waals surface area contributed by atoms with Gasteiger partial charge in [0.05, 0.1) is 34.6 Å². The number of carbonyl (C=O) groups is 2. The first-order valence-corrected chi connectivity index (χ1v) is 11.5. The van der Waals surface area contributed by atoms with E-state index in [4.69, 9.17) is 11.6 Å². The Morgan fingerprint density at radius 3 is 2.41 bits per heavy atom. The molecule has 0 aromatic heterocycles. The molecule has 1 aliphatic rings. The Morgan fingerprint density at radius 2 is 1.79 bits per heavy atom. The summed E-state index contributed by atoms with van der Waals surface area (Å²) < 4.78 is 23.5. The molecule has 1 saturated heterocycles. The van der Waals surface area contributed by atoms with E-state index in [-0.39, 0.29) is 35.8 Å². The molecule has 0 spiro atoms. The fraction of sp³-hybridized carbons (Fsp3) is 0.333. The average molecular weight is 435 g/mol. The Labute approximate surface area is 175 Å². The highest BCUT2D eigenvalue weighted by molar-refractivity contribution is 7.91. The van der Waals surface area contributed by atoms with Crippen LogP contribution in [0.15, 0.2) is 54.6 Å². The zero-order chi connectivity index (χ0) is 21.0. The number of amides is 2. The Balaban J connectivity index is 1.77. The van der Waals surface area contributed by atoms with Gasteiger partial charge in [0.25, 0.3) is 5.91 Å². The standard InChI is InChI=1S/C21H23ClN2O4S/c1-24(16-11-12-29(27,28)14-16)20(25)13-19(15-7-3-2-4-8-15)23-21(26)17-9-5-6-10-18(17)22/h2-10,16,19H,11-14H2,1H3,(H,23,26)/t16-,19+/m1/s1. The number of benzene rings is 2. The number of hydrogen-bond acceptors (Lipinski definition) is 4. The van der Waals surface area contributed by atoms with Gasteiger partial charge in [-0.2, -0.15) is 0 Å². The van der Waals surface area contributed by atoms with Crippen molar-refractivity contribution in [1.29, 1.82) is 0 Å². The second kappa shape index (κ2) is 8.97. The molecule has 1 aliphatic heterocycles. The van der Waals surface area contributed by atoms with Gasteiger partial charge in [-0.3, -0.25) is 9.59 Å². The third kappa shape index (κ3) is 5.36. The number of carbonyl (C=O) groups excluding carboxylic acids is 2. The predicted molar refractivity (Wildman–Crippen MR) is 113 cm³/mol. The number of nitrogens with one attached hydrogen (secondary N) is 1. The fourth-order valence-corrected chi connectivity index (χ4v) is 5.42. The zero-order valence-corrected chi connectivity index (χ0v) is 17.6. The van der Waals surface area contributed by atoms with Crippen molar-refractivity contribution >= 4 is 33.3 Å². The van der Waals surface area contributed by atoms with Gasteiger partial charge in [-0.15, -0.1) is 0 Å². The number of sulfone groups is 1. The van der Waals surface area contributed by atoms with Crippen molar-refractivity contribution in [2.45, 2.75) is 24.9 Å². The molecular weight excluding hydrogens is 412 g/mol. The summed E-state index contributed by atoms with van der Waals surface area (Å²) in [6.07, 6.45) is 0.458. The first kappa shape index (κ1) is 21.3. The summed E-state index contributed by atoms with van der Waals surface area (Å²) in [5, 5.41) is 3.22. The van der Waals surface area contributed by atoms with Crippen LogP contribution in [0.2, 0.25) is 5.02 Å². The Kier molecular flexibility index (Phi) is 6.59. The van der Waals surface area contributed by atoms with Crippen molar-refractivity contribution in [3.05, 3.63) is 70.7 Å². The molecule has 0 unspecified atom stereocenters. The maximum absolute atomic E-state index is 12.9. The summed E-state index contributed by atoms with van der Waals surface area (Å²) in [5.41, 5.74) is 1.12. The highest BCUT2D eigenvalue weighted by Crippen LogP contribution is 2.23. The molecule has 2 aromatic carbocycles. The first-order valence-electron chi connectivity index (χ1n) is 9.33. The summed E-state index contributed by atoms with van der Waals surface area (Å²) in [7, 11) is -1.48. The van der Waals surface area contributed by atoms with Crippen molar-refractivity contribution in [1.82, 2.24) is 10.2 Å². The number of rotatable bonds is 6. The van der Waals surface area contributed by atoms with E-state index < -0.39 is 15.9 Å². The lowest BCUT2D eigenvalue weighted by Gasteiger charge is -2.26. The summed E-state index contributed by atoms with van der Waals surface area (Å²) >= 11 is 6.12. The van der Waals surface area contributed by atoms with Crippen LogP contribution in [0.5, 0.6) is 0 Å². The molecule has 2 amide bonds. The van der Waals surface area contributed by atoms with Crippen LogP contribution >= 0.6 is 11.6 Å². The monoisotopic (exact) mass is 434 g/mol. The summed E-state index contributed by atoms with van der Waals surface area (Å²) in [6.45, 7) is 0. The van der Waals surface area contributed by atoms with Gasteiger partial charge in [0, 0.05) is 13.1 Å². The normalized spacial score (nSPS) is 18.8. The van der Waals surface area contributed by atoms with E-state index in [1.807, 2.05) is 30.3 Å². The molecule has 2 aromatic rings. The fourth-order valence-electron chi connectivity index (χ4n) is 3.42. The van der Waals surface area contributed by atoms with Crippen molar-refractivity contribution in [3.63, 3.8) is 0 Å². The van der Waals surface area contributed by atoms with Gasteiger partial charge in [-0.25, -0.2) is 8.42 Å². The molecule has 1 fully saturated rings. The van der Waals surface area contributed by atoms with E-state index in [9.17, 15) is 18.0 Å². The summed E-state index contributed by atoms with van der Waals surface area (Å²) in [4.78, 5) is 27.1. The first-order chi connectivity index (χ1) is 13.8. The average Bonchev–Trinajstić information content (AvgIpc) is 3.07. The van der Waals surface area contributed by atoms with E-state index in [2.05, 4.69) is 5.32 Å². The third-order valence-corrected chi connectivity index (χ3v) is 7.23. The van der Waals surface area contributed by atoms with Crippen LogP contribution in [-0.2, 0) is 14.6 Å². The van der Waals surface area contributed by atoms with Crippen LogP contribution in [0, 0.1) is 0 Å². The molecule has 1 heterocycles. The molecule has 0 radical (unpaired) electrons. The molecule has 29 heavy (non-hydrogen) atoms. The van der Waals surface area contributed by atoms with Gasteiger partial charge < -0.3 is 10.2 Å². The molecule has 154 valence electrons. The molecule has 6 nitrogen and oxygen atoms in total. The minimum absolute atomic E-state index is 0.0166. The predicted octanol–water partition coefficient (Wildman–Crippen LogP) is 2.85. The van der Waals surface area contributed by atoms with Crippen LogP contribution in [0.25, 0.3) is 0 Å². The van der Waals surface area contributed by atoms with Crippen LogP contribution in [0.1, 0.15) is 34.8 Å². The number of hydrogen-bond donors (Lipinski definition) is 1. The molecule has 3 rings (SSSR count). The van der Waals surface area contributed by atoms with Gasteiger partial charge in [0.15, 0.2) is 9.84 Å². The molecule has 0 bridgehead atoms. The summed E-state index contributed by atoms with van der Waals surface area (Å²) in [6, 6.07) is 15.0. The van der Waals surface area contributed by atoms with Crippen LogP contribution in [-0.4, -0.2) is 49.7 Å². The Hall–Kier alpha value is -2.38. The largest absolute Gasteiger partial charge is 0.345 e. The van der Waals surface area contributed by atoms with Gasteiger partial charge in [0.2, 0.25) is 5.91 Å². The lowest BCUT2D eigenvalue weighted by molar-refractivity contribution is -0.132. The van der Waals surface area contributed by atoms with E-state index in [0.717, 1.165) is 5.56 Å². The molecule has 0 aliphatic carbocycles. The minimum Gasteiger partial charge on any atom is -0.345 e. The molecule has 2 atom stereocenters. The molecule has 0 saturated carbocycles. The number of halogens is 1. The van der Waals surface area contributed by atoms with E-state index in [1.54, 1.807) is 31.3 Å². The van der Waals surface area contributed by atoms with Crippen LogP contribution in [0.3, 0.4) is 0 Å². The maximum Gasteiger partial charge on any atom is 0.253 e. The topological polar surface area (TPSA) is 83.6 Å². The third-order valence-electron chi connectivity index (χ3n) is 5.15. The maximum atomic E-state index is 12.9. The lowest BCUT2D eigenvalue weighted by atomic mass is 10.0. The van der Waals surface area contributed by atoms with Gasteiger partial charge >= 0.3 is 0 Å². The van der Waals surface area contributed by atoms with Crippen LogP contribution in [0.4, 0.5) is 0 Å². The highest BCUT2D eigenvalue weighted by atomic mass is 35.5. The quantitative estimate of drug-likeness (QED) is 0.757. The van der Waals surface area contributed by atoms with Gasteiger partial charge in [-0.1, -0.05) is 54.1 Å². The van der Waals surface area contributed by atoms with E-state index in [0.29, 0.717) is 17.0 Å². The Morgan fingerprint density at radius 1 is 1.14 bits per heavy atom. The van der Waals surface area contributed by atoms with Crippen molar-refractivity contribution < 1.29 is 18.0 Å². The summed E-state index contributed by atoms with van der Waals surface area (Å²) in [5.74, 6) is -0.513. The highest BCUT2D eigenvalue weighted by Gasteiger charge is 2.33. The second-order valence-corrected chi connectivity index (χ2v) is 9.82. The lowest BCUT2D eigenvalue weighted by Crippen LogP contribution is -2.40. The number of nitrogens with zero attached hydrogens (tertiary/aromatic N) is 1. The molecule has 8 heteroatoms. The smallest absolute Gasteiger partial charge is 0.253 e. The zero-order valence-electron chi connectivity index (χ0n) is 16.0. The van der Waals surface area contributed by atoms with E-state index in [1.165, 1.54) is 4.90 Å². The van der Waals surface area contributed by atoms with E-state index >= 15 is 0 Å². The SMILES string of the molecule is CN(C(=O)C[C@H](NC(=O)c1ccccc1Cl)c1ccccc1)[C@@H]1CCS(=O)(=O)C1. The second-order valence-electron chi connectivity index (χ2n) is 7.18. The van der Waals surface area contributed by atoms with Crippen molar-refractivity contribution in [2.24, 2.45) is 0 Å². The van der Waals surface area contributed by atoms with Crippen molar-refractivity contribution in [3.8, 4) is 0 Å². The Bertz CT molecular complexity index is 995.